The highest BCUT2D eigenvalue weighted by molar-refractivity contribution is 7.92. The Morgan fingerprint density at radius 1 is 0.872 bits per heavy atom. The first kappa shape index (κ1) is 29.9. The number of hydrogen-bond acceptors (Lipinski definition) is 4. The first-order valence-corrected chi connectivity index (χ1v) is 14.8. The van der Waals surface area contributed by atoms with E-state index >= 15 is 0 Å². The number of benzene rings is 3. The van der Waals surface area contributed by atoms with Crippen molar-refractivity contribution in [2.45, 2.75) is 57.9 Å². The summed E-state index contributed by atoms with van der Waals surface area (Å²) < 4.78 is 28.8. The molecule has 8 heteroatoms. The second-order valence-electron chi connectivity index (χ2n) is 9.80. The van der Waals surface area contributed by atoms with E-state index in [1.54, 1.807) is 43.3 Å². The lowest BCUT2D eigenvalue weighted by Crippen LogP contribution is -2.52. The fourth-order valence-electron chi connectivity index (χ4n) is 4.18. The molecule has 1 unspecified atom stereocenters. The Labute approximate surface area is 232 Å². The first-order chi connectivity index (χ1) is 18.6. The van der Waals surface area contributed by atoms with Crippen molar-refractivity contribution in [2.75, 3.05) is 23.9 Å². The maximum absolute atomic E-state index is 13.9. The van der Waals surface area contributed by atoms with Gasteiger partial charge in [-0.15, -0.1) is 0 Å². The zero-order chi connectivity index (χ0) is 28.4. The van der Waals surface area contributed by atoms with Gasteiger partial charge in [0, 0.05) is 13.1 Å². The monoisotopic (exact) mass is 549 g/mol. The zero-order valence-corrected chi connectivity index (χ0v) is 24.1. The molecule has 7 nitrogen and oxygen atoms in total. The Bertz CT molecular complexity index is 1320. The van der Waals surface area contributed by atoms with Crippen molar-refractivity contribution in [3.8, 4) is 0 Å². The maximum Gasteiger partial charge on any atom is 0.264 e. The van der Waals surface area contributed by atoms with Gasteiger partial charge in [0.05, 0.1) is 10.6 Å². The lowest BCUT2D eigenvalue weighted by Gasteiger charge is -2.32. The minimum Gasteiger partial charge on any atom is -0.354 e. The largest absolute Gasteiger partial charge is 0.354 e. The number of sulfonamides is 1. The van der Waals surface area contributed by atoms with E-state index in [9.17, 15) is 18.0 Å². The van der Waals surface area contributed by atoms with Crippen molar-refractivity contribution < 1.29 is 18.0 Å². The molecule has 1 N–H and O–H groups in total. The molecule has 1 atom stereocenters. The number of carbonyl (C=O) groups is 2. The summed E-state index contributed by atoms with van der Waals surface area (Å²) in [5.41, 5.74) is 3.32. The molecule has 3 rings (SSSR count). The number of amides is 2. The van der Waals surface area contributed by atoms with Gasteiger partial charge in [-0.05, 0) is 63.4 Å². The van der Waals surface area contributed by atoms with Crippen LogP contribution in [0.5, 0.6) is 0 Å². The molecule has 0 heterocycles. The summed E-state index contributed by atoms with van der Waals surface area (Å²) in [4.78, 5) is 28.4. The highest BCUT2D eigenvalue weighted by Gasteiger charge is 2.32. The molecule has 0 saturated heterocycles. The van der Waals surface area contributed by atoms with Crippen LogP contribution in [0.3, 0.4) is 0 Å². The van der Waals surface area contributed by atoms with E-state index < -0.39 is 28.5 Å². The molecule has 0 fully saturated rings. The lowest BCUT2D eigenvalue weighted by atomic mass is 10.1. The van der Waals surface area contributed by atoms with E-state index in [1.807, 2.05) is 63.2 Å². The average molecular weight is 550 g/mol. The molecule has 39 heavy (non-hydrogen) atoms. The molecular weight excluding hydrogens is 510 g/mol. The number of unbranched alkanes of at least 4 members (excludes halogenated alkanes) is 1. The van der Waals surface area contributed by atoms with Gasteiger partial charge >= 0.3 is 0 Å². The first-order valence-electron chi connectivity index (χ1n) is 13.4. The predicted octanol–water partition coefficient (Wildman–Crippen LogP) is 4.87. The zero-order valence-electron chi connectivity index (χ0n) is 23.3. The molecule has 0 spiro atoms. The fraction of sp³-hybridized carbons (Fsp3) is 0.355. The number of rotatable bonds is 13. The number of nitrogens with zero attached hydrogens (tertiary/aromatic N) is 2. The van der Waals surface area contributed by atoms with E-state index in [1.165, 1.54) is 4.90 Å². The van der Waals surface area contributed by atoms with Gasteiger partial charge in [0.15, 0.2) is 0 Å². The second-order valence-corrected chi connectivity index (χ2v) is 11.7. The number of nitrogens with one attached hydrogen (secondary N) is 1. The van der Waals surface area contributed by atoms with Crippen LogP contribution in [0.4, 0.5) is 5.69 Å². The second kappa shape index (κ2) is 13.9. The number of aryl methyl sites for hydroxylation is 2. The van der Waals surface area contributed by atoms with E-state index in [0.717, 1.165) is 33.8 Å². The van der Waals surface area contributed by atoms with Crippen LogP contribution in [0.15, 0.2) is 83.8 Å². The minimum absolute atomic E-state index is 0.0997. The summed E-state index contributed by atoms with van der Waals surface area (Å²) >= 11 is 0. The fourth-order valence-corrected chi connectivity index (χ4v) is 5.60. The van der Waals surface area contributed by atoms with Crippen LogP contribution in [0.1, 0.15) is 43.4 Å². The van der Waals surface area contributed by atoms with Gasteiger partial charge in [0.1, 0.15) is 12.6 Å². The Morgan fingerprint density at radius 2 is 1.46 bits per heavy atom. The van der Waals surface area contributed by atoms with Gasteiger partial charge in [-0.25, -0.2) is 8.42 Å². The van der Waals surface area contributed by atoms with Crippen LogP contribution in [-0.2, 0) is 26.0 Å². The molecule has 0 radical (unpaired) electrons. The van der Waals surface area contributed by atoms with Crippen molar-refractivity contribution in [3.05, 3.63) is 95.6 Å². The van der Waals surface area contributed by atoms with E-state index in [0.29, 0.717) is 18.7 Å². The summed E-state index contributed by atoms with van der Waals surface area (Å²) in [6.07, 6.45) is 2.31. The third-order valence-electron chi connectivity index (χ3n) is 6.69. The van der Waals surface area contributed by atoms with Crippen LogP contribution in [0, 0.1) is 13.8 Å². The molecule has 0 aliphatic carbocycles. The van der Waals surface area contributed by atoms with Gasteiger partial charge < -0.3 is 10.2 Å². The highest BCUT2D eigenvalue weighted by Crippen LogP contribution is 2.25. The van der Waals surface area contributed by atoms with Crippen molar-refractivity contribution in [1.29, 1.82) is 0 Å². The Kier molecular flexibility index (Phi) is 10.7. The highest BCUT2D eigenvalue weighted by atomic mass is 32.2. The van der Waals surface area contributed by atoms with E-state index in [-0.39, 0.29) is 17.3 Å². The molecule has 0 bridgehead atoms. The van der Waals surface area contributed by atoms with Crippen LogP contribution in [-0.4, -0.2) is 50.8 Å². The summed E-state index contributed by atoms with van der Waals surface area (Å²) in [5, 5.41) is 2.90. The van der Waals surface area contributed by atoms with Crippen molar-refractivity contribution >= 4 is 27.5 Å². The molecule has 3 aromatic rings. The Balaban J connectivity index is 1.94. The molecule has 2 amide bonds. The molecule has 0 saturated carbocycles. The van der Waals surface area contributed by atoms with Gasteiger partial charge in [0.2, 0.25) is 11.8 Å². The quantitative estimate of drug-likeness (QED) is 0.308. The molecule has 0 aliphatic heterocycles. The molecular formula is C31H39N3O4S. The number of anilines is 1. The maximum atomic E-state index is 13.9. The topological polar surface area (TPSA) is 86.8 Å². The minimum atomic E-state index is -4.06. The summed E-state index contributed by atoms with van der Waals surface area (Å²) in [7, 11) is -4.06. The van der Waals surface area contributed by atoms with Gasteiger partial charge in [-0.1, -0.05) is 79.1 Å². The molecule has 0 aromatic heterocycles. The number of hydrogen-bond donors (Lipinski definition) is 1. The van der Waals surface area contributed by atoms with Crippen LogP contribution in [0.2, 0.25) is 0 Å². The Hall–Kier alpha value is -3.65. The molecule has 0 aliphatic rings. The summed E-state index contributed by atoms with van der Waals surface area (Å²) in [6, 6.07) is 22.5. The van der Waals surface area contributed by atoms with E-state index in [2.05, 4.69) is 5.32 Å². The normalized spacial score (nSPS) is 12.0. The molecule has 208 valence electrons. The van der Waals surface area contributed by atoms with Crippen LogP contribution < -0.4 is 9.62 Å². The van der Waals surface area contributed by atoms with Gasteiger partial charge in [-0.2, -0.15) is 0 Å². The third-order valence-corrected chi connectivity index (χ3v) is 8.48. The van der Waals surface area contributed by atoms with Crippen molar-refractivity contribution in [1.82, 2.24) is 10.2 Å². The summed E-state index contributed by atoms with van der Waals surface area (Å²) in [6.45, 7) is 7.90. The van der Waals surface area contributed by atoms with Crippen LogP contribution >= 0.6 is 0 Å². The lowest BCUT2D eigenvalue weighted by molar-refractivity contribution is -0.138. The number of carbonyl (C=O) groups excluding carboxylic acids is 2. The molecule has 3 aromatic carbocycles. The van der Waals surface area contributed by atoms with E-state index in [4.69, 9.17) is 0 Å². The van der Waals surface area contributed by atoms with Crippen LogP contribution in [0.25, 0.3) is 0 Å². The average Bonchev–Trinajstić information content (AvgIpc) is 2.93. The Morgan fingerprint density at radius 3 is 2.05 bits per heavy atom. The third kappa shape index (κ3) is 8.17. The van der Waals surface area contributed by atoms with Gasteiger partial charge in [0.25, 0.3) is 10.0 Å². The standard InChI is InChI=1S/C31H39N3O4S/c1-5-6-21-32-31(36)26(4)33(22-20-27-10-8-7-9-11-27)30(35)23-34(28-16-12-24(2)13-17-28)39(37,38)29-18-14-25(3)15-19-29/h7-19,26H,5-6,20-23H2,1-4H3,(H,32,36). The SMILES string of the molecule is CCCCNC(=O)C(C)N(CCc1ccccc1)C(=O)CN(c1ccc(C)cc1)S(=O)(=O)c1ccc(C)cc1. The summed E-state index contributed by atoms with van der Waals surface area (Å²) in [5.74, 6) is -0.700. The smallest absolute Gasteiger partial charge is 0.264 e. The van der Waals surface area contributed by atoms with Crippen molar-refractivity contribution in [2.24, 2.45) is 0 Å². The van der Waals surface area contributed by atoms with Crippen molar-refractivity contribution in [3.63, 3.8) is 0 Å². The predicted molar refractivity (Wildman–Crippen MR) is 156 cm³/mol. The van der Waals surface area contributed by atoms with Gasteiger partial charge in [-0.3, -0.25) is 13.9 Å².